The summed E-state index contributed by atoms with van der Waals surface area (Å²) in [6.45, 7) is 33.2. The number of fused-ring (bicyclic) bond motifs is 3. The molecule has 0 aromatic rings. The van der Waals surface area contributed by atoms with Crippen molar-refractivity contribution < 1.29 is 114 Å². The molecule has 3 heterocycles. The number of esters is 8. The van der Waals surface area contributed by atoms with Gasteiger partial charge in [-0.2, -0.15) is 15.8 Å². The number of nitrogens with zero attached hydrogens (tertiary/aromatic N) is 3. The van der Waals surface area contributed by atoms with Gasteiger partial charge in [0.2, 0.25) is 0 Å². The fourth-order valence-electron chi connectivity index (χ4n) is 28.5. The minimum atomic E-state index is -0.974. The molecule has 21 fully saturated rings. The number of nitriles is 3. The van der Waals surface area contributed by atoms with Gasteiger partial charge in [0.15, 0.2) is 40.4 Å². The van der Waals surface area contributed by atoms with E-state index in [1.165, 1.54) is 51.4 Å². The van der Waals surface area contributed by atoms with E-state index in [4.69, 9.17) is 75.8 Å². The highest BCUT2D eigenvalue weighted by Gasteiger charge is 2.77. The highest BCUT2D eigenvalue weighted by molar-refractivity contribution is 5.87. The van der Waals surface area contributed by atoms with Crippen molar-refractivity contribution in [2.24, 2.45) is 90.7 Å². The third-order valence-electron chi connectivity index (χ3n) is 37.1. The minimum Gasteiger partial charge on any atom is -0.458 e. The molecule has 14 bridgehead atoms. The van der Waals surface area contributed by atoms with Crippen LogP contribution in [0.25, 0.3) is 0 Å². The first kappa shape index (κ1) is 102. The lowest BCUT2D eigenvalue weighted by molar-refractivity contribution is -0.382. The van der Waals surface area contributed by atoms with Crippen molar-refractivity contribution in [2.75, 3.05) is 14.2 Å². The molecule has 18 saturated carbocycles. The zero-order valence-electron chi connectivity index (χ0n) is 84.4. The zero-order chi connectivity index (χ0) is 96.9. The van der Waals surface area contributed by atoms with Gasteiger partial charge in [0, 0.05) is 114 Å². The van der Waals surface area contributed by atoms with E-state index in [2.05, 4.69) is 45.9 Å². The Morgan fingerprint density at radius 2 is 0.619 bits per heavy atom. The molecule has 748 valence electrons. The molecule has 134 heavy (non-hydrogen) atoms. The largest absolute Gasteiger partial charge is 0.458 e. The van der Waals surface area contributed by atoms with Crippen LogP contribution in [0.15, 0.2) is 0 Å². The molecule has 0 spiro atoms. The summed E-state index contributed by atoms with van der Waals surface area (Å²) >= 11 is 0. The summed E-state index contributed by atoms with van der Waals surface area (Å²) in [7, 11) is 3.61. The number of carbonyl (C=O) groups is 8. The van der Waals surface area contributed by atoms with Crippen LogP contribution in [-0.4, -0.2) is 169 Å². The van der Waals surface area contributed by atoms with Crippen LogP contribution in [0.2, 0.25) is 0 Å². The van der Waals surface area contributed by atoms with Gasteiger partial charge in [-0.15, -0.1) is 0 Å². The maximum atomic E-state index is 13.5. The summed E-state index contributed by atoms with van der Waals surface area (Å²) in [5.41, 5.74) is -8.18. The second-order valence-corrected chi connectivity index (χ2v) is 48.7. The standard InChI is InChI=1S/C32H54O6.C30H50O6.3C15H19NO4/c1-6-29(4,5)28(33)38-32-19-25-17-30(21-32,36-23(2)34-26-13-9-7-10-14-26)20-31(18-25,22-32)37-24(3)35-27-15-11-8-12-16-27;1-6-25(2,3)24(31)34-26-17-23-18-27(20-26,35-29(32-4)13-9-7-10-14-29)22-28(19-23,21-26)36-30(33-5)15-11-8-12-16-30;3*1-4-14(2,3)12(17)19-10-8-5-9-11(10)20-13(18)15(9,6-8)7-16/h23-27H,6-22H2,1-5H3;23H,6-22H2,1-5H3;3*8-11H,4-6H2,1-3H3. The van der Waals surface area contributed by atoms with Gasteiger partial charge in [-0.3, -0.25) is 38.4 Å². The molecule has 0 aromatic carbocycles. The Balaban J connectivity index is 0.000000132. The van der Waals surface area contributed by atoms with Gasteiger partial charge in [-0.25, -0.2) is 0 Å². The molecular weight excluding hydrogens is 1710 g/mol. The fourth-order valence-corrected chi connectivity index (χ4v) is 28.5. The van der Waals surface area contributed by atoms with Gasteiger partial charge in [-0.1, -0.05) is 86.0 Å². The Morgan fingerprint density at radius 1 is 0.366 bits per heavy atom. The maximum absolute atomic E-state index is 13.5. The van der Waals surface area contributed by atoms with E-state index in [0.29, 0.717) is 62.6 Å². The summed E-state index contributed by atoms with van der Waals surface area (Å²) in [4.78, 5) is 99.3. The lowest BCUT2D eigenvalue weighted by Gasteiger charge is -2.67. The van der Waals surface area contributed by atoms with Crippen LogP contribution < -0.4 is 0 Å². The number of rotatable bonds is 29. The first-order valence-corrected chi connectivity index (χ1v) is 52.3. The van der Waals surface area contributed by atoms with Crippen LogP contribution >= 0.6 is 0 Å². The molecule has 0 N–H and O–H groups in total. The average Bonchev–Trinajstić information content (AvgIpc) is 1.01. The van der Waals surface area contributed by atoms with Crippen molar-refractivity contribution in [3.05, 3.63) is 0 Å². The minimum absolute atomic E-state index is 0.0766. The van der Waals surface area contributed by atoms with Crippen molar-refractivity contribution >= 4 is 47.8 Å². The van der Waals surface area contributed by atoms with Crippen molar-refractivity contribution in [1.82, 2.24) is 0 Å². The highest BCUT2D eigenvalue weighted by Crippen LogP contribution is 2.70. The quantitative estimate of drug-likeness (QED) is 0.0381. The third kappa shape index (κ3) is 19.3. The normalized spacial score (nSPS) is 39.8. The van der Waals surface area contributed by atoms with Gasteiger partial charge in [-0.05, 0) is 255 Å². The molecule has 0 amide bonds. The molecule has 3 saturated heterocycles. The number of hydrogen-bond donors (Lipinski definition) is 0. The smallest absolute Gasteiger partial charge is 0.327 e. The second-order valence-electron chi connectivity index (χ2n) is 48.7. The van der Waals surface area contributed by atoms with Crippen LogP contribution in [-0.2, 0) is 114 Å². The predicted octanol–water partition coefficient (Wildman–Crippen LogP) is 19.9. The van der Waals surface area contributed by atoms with E-state index in [9.17, 15) is 54.1 Å². The van der Waals surface area contributed by atoms with Gasteiger partial charge in [0.05, 0.1) is 79.9 Å². The van der Waals surface area contributed by atoms with Gasteiger partial charge in [0.25, 0.3) is 0 Å². The summed E-state index contributed by atoms with van der Waals surface area (Å²) in [5.74, 6) is -2.54. The molecule has 18 aliphatic carbocycles. The van der Waals surface area contributed by atoms with Crippen molar-refractivity contribution in [2.45, 2.75) is 500 Å². The topological polar surface area (TPSA) is 356 Å². The summed E-state index contributed by atoms with van der Waals surface area (Å²) in [6.07, 6.45) is 38.1. The monoisotopic (exact) mass is 1870 g/mol. The number of carbonyl (C=O) groups excluding carboxylic acids is 8. The summed E-state index contributed by atoms with van der Waals surface area (Å²) in [6, 6.07) is 6.45. The molecule has 27 heteroatoms. The molecule has 21 rings (SSSR count). The van der Waals surface area contributed by atoms with E-state index in [-0.39, 0.29) is 96.2 Å². The Hall–Kier alpha value is -6.09. The summed E-state index contributed by atoms with van der Waals surface area (Å²) < 4.78 is 99.4. The molecule has 0 radical (unpaired) electrons. The van der Waals surface area contributed by atoms with Crippen molar-refractivity contribution in [1.29, 1.82) is 15.8 Å². The molecule has 21 atom stereocenters. The molecule has 21 unspecified atom stereocenters. The predicted molar refractivity (Wildman–Crippen MR) is 488 cm³/mol. The number of methoxy groups -OCH3 is 2. The lowest BCUT2D eigenvalue weighted by Crippen LogP contribution is -2.71. The molecule has 27 nitrogen and oxygen atoms in total. The number of ether oxygens (including phenoxy) is 16. The Morgan fingerprint density at radius 3 is 0.903 bits per heavy atom. The molecular formula is C107H161N3O24. The van der Waals surface area contributed by atoms with Gasteiger partial charge >= 0.3 is 47.8 Å². The fraction of sp³-hybridized carbons (Fsp3) is 0.897. The van der Waals surface area contributed by atoms with E-state index in [1.54, 1.807) is 14.2 Å². The zero-order valence-corrected chi connectivity index (χ0v) is 84.4. The lowest BCUT2D eigenvalue weighted by atomic mass is 9.50. The van der Waals surface area contributed by atoms with Crippen LogP contribution in [0, 0.1) is 125 Å². The van der Waals surface area contributed by atoms with Crippen molar-refractivity contribution in [3.8, 4) is 18.2 Å². The van der Waals surface area contributed by atoms with Gasteiger partial charge in [0.1, 0.15) is 47.8 Å². The third-order valence-corrected chi connectivity index (χ3v) is 37.1. The average molecular weight is 1870 g/mol. The Bertz CT molecular complexity index is 4140. The van der Waals surface area contributed by atoms with E-state index < -0.39 is 125 Å². The van der Waals surface area contributed by atoms with Crippen LogP contribution in [0.5, 0.6) is 0 Å². The molecule has 0 aromatic heterocycles. The first-order valence-electron chi connectivity index (χ1n) is 52.3. The number of hydrogen-bond acceptors (Lipinski definition) is 27. The van der Waals surface area contributed by atoms with Crippen LogP contribution in [0.4, 0.5) is 0 Å². The maximum Gasteiger partial charge on any atom is 0.327 e. The van der Waals surface area contributed by atoms with Crippen molar-refractivity contribution in [3.63, 3.8) is 0 Å². The van der Waals surface area contributed by atoms with Gasteiger partial charge < -0.3 is 75.8 Å². The highest BCUT2D eigenvalue weighted by atomic mass is 16.7. The van der Waals surface area contributed by atoms with E-state index in [0.717, 1.165) is 186 Å². The SMILES string of the molecule is CCC(C)(C)C(=O)OC12CC3CC(OC(C)OC4CCCCC4)(C1)CC(OC(C)OC1CCCCC1)(C3)C2.CCC(C)(C)C(=O)OC12CC3CC(OC4(OC)CCCCC4)(C1)CC(OC1(OC)CCCCC1)(C3)C2.CCC(C)(C)C(=O)OC1C2CC3C1OC(=O)C3(C#N)C2.CCC(C)(C)C(=O)OC1C2CC3C1OC(=O)C3(C#N)C2.CCC(C)(C)C(=O)OC1C2CC3C1OC(=O)C3(C#N)C2. The van der Waals surface area contributed by atoms with E-state index >= 15 is 0 Å². The Labute approximate surface area is 797 Å². The Kier molecular flexibility index (Phi) is 29.1. The molecule has 3 aliphatic heterocycles. The second kappa shape index (κ2) is 38.1. The summed E-state index contributed by atoms with van der Waals surface area (Å²) in [5, 5.41) is 27.9. The first-order chi connectivity index (χ1) is 63.1. The van der Waals surface area contributed by atoms with Crippen LogP contribution in [0.1, 0.15) is 394 Å². The van der Waals surface area contributed by atoms with E-state index in [1.807, 2.05) is 90.0 Å². The van der Waals surface area contributed by atoms with Crippen LogP contribution in [0.3, 0.4) is 0 Å². The molecule has 21 aliphatic rings.